The predicted molar refractivity (Wildman–Crippen MR) is 81.3 cm³/mol. The lowest BCUT2D eigenvalue weighted by Gasteiger charge is -2.07. The molecule has 0 saturated carbocycles. The van der Waals surface area contributed by atoms with E-state index in [0.29, 0.717) is 12.3 Å². The summed E-state index contributed by atoms with van der Waals surface area (Å²) in [5, 5.41) is 8.89. The third-order valence-electron chi connectivity index (χ3n) is 2.85. The first-order valence-electron chi connectivity index (χ1n) is 6.35. The number of nitriles is 1. The first-order valence-corrected chi connectivity index (χ1v) is 8.20. The average molecular weight is 284 g/mol. The van der Waals surface area contributed by atoms with Gasteiger partial charge in [0.25, 0.3) is 0 Å². The van der Waals surface area contributed by atoms with Crippen LogP contribution >= 0.6 is 0 Å². The second kappa shape index (κ2) is 6.88. The molecule has 2 rings (SSSR count). The summed E-state index contributed by atoms with van der Waals surface area (Å²) in [6.45, 7) is 0.383. The lowest BCUT2D eigenvalue weighted by molar-refractivity contribution is 0.676. The highest BCUT2D eigenvalue weighted by Crippen LogP contribution is 2.11. The van der Waals surface area contributed by atoms with E-state index in [0.717, 1.165) is 11.1 Å². The molecule has 0 N–H and O–H groups in total. The topological polar surface area (TPSA) is 53.2 Å². The van der Waals surface area contributed by atoms with Gasteiger partial charge in [0.2, 0.25) is 0 Å². The summed E-state index contributed by atoms with van der Waals surface area (Å²) in [7, 11) is -2.53. The zero-order chi connectivity index (χ0) is 14.3. The standard InChI is InChI=1S/C16H16N2OS/c17-11-12-20(19,14-16-9-5-2-6-10-16)18-13-15-7-3-1-4-8-15/h1-10H,12-14H2. The van der Waals surface area contributed by atoms with Crippen molar-refractivity contribution in [2.45, 2.75) is 12.3 Å². The minimum atomic E-state index is -2.53. The van der Waals surface area contributed by atoms with Crippen molar-refractivity contribution in [2.24, 2.45) is 4.36 Å². The molecule has 0 aliphatic heterocycles. The SMILES string of the molecule is N#CCS(=O)(Cc1ccccc1)=NCc1ccccc1. The maximum atomic E-state index is 12.7. The molecule has 0 radical (unpaired) electrons. The third-order valence-corrected chi connectivity index (χ3v) is 4.81. The Balaban J connectivity index is 2.21. The number of rotatable bonds is 5. The molecule has 20 heavy (non-hydrogen) atoms. The van der Waals surface area contributed by atoms with Crippen LogP contribution in [0.25, 0.3) is 0 Å². The average Bonchev–Trinajstić information content (AvgIpc) is 2.48. The second-order valence-corrected chi connectivity index (χ2v) is 6.86. The Morgan fingerprint density at radius 1 is 0.950 bits per heavy atom. The smallest absolute Gasteiger partial charge is 0.119 e. The van der Waals surface area contributed by atoms with Gasteiger partial charge in [0.15, 0.2) is 0 Å². The Bertz CT molecular complexity index is 696. The Kier molecular flexibility index (Phi) is 4.91. The van der Waals surface area contributed by atoms with Gasteiger partial charge in [0, 0.05) is 0 Å². The van der Waals surface area contributed by atoms with E-state index in [1.54, 1.807) is 0 Å². The van der Waals surface area contributed by atoms with Crippen molar-refractivity contribution in [3.05, 3.63) is 71.8 Å². The number of benzene rings is 2. The van der Waals surface area contributed by atoms with Gasteiger partial charge in [0.05, 0.1) is 28.1 Å². The van der Waals surface area contributed by atoms with Crippen molar-refractivity contribution in [1.82, 2.24) is 0 Å². The van der Waals surface area contributed by atoms with E-state index in [-0.39, 0.29) is 5.75 Å². The van der Waals surface area contributed by atoms with Crippen molar-refractivity contribution >= 4 is 9.73 Å². The van der Waals surface area contributed by atoms with Crippen LogP contribution in [0.15, 0.2) is 65.0 Å². The van der Waals surface area contributed by atoms with Crippen molar-refractivity contribution in [1.29, 1.82) is 5.26 Å². The summed E-state index contributed by atoms with van der Waals surface area (Å²) < 4.78 is 17.1. The Labute approximate surface area is 120 Å². The molecule has 0 saturated heterocycles. The van der Waals surface area contributed by atoms with E-state index in [1.807, 2.05) is 66.7 Å². The number of hydrogen-bond acceptors (Lipinski definition) is 3. The van der Waals surface area contributed by atoms with E-state index >= 15 is 0 Å². The highest BCUT2D eigenvalue weighted by atomic mass is 32.2. The molecule has 0 aliphatic rings. The monoisotopic (exact) mass is 284 g/mol. The maximum absolute atomic E-state index is 12.7. The van der Waals surface area contributed by atoms with Gasteiger partial charge in [-0.1, -0.05) is 60.7 Å². The lowest BCUT2D eigenvalue weighted by atomic mass is 10.2. The van der Waals surface area contributed by atoms with E-state index in [9.17, 15) is 4.21 Å². The molecule has 0 spiro atoms. The van der Waals surface area contributed by atoms with Crippen molar-refractivity contribution in [3.8, 4) is 6.07 Å². The lowest BCUT2D eigenvalue weighted by Crippen LogP contribution is -2.08. The van der Waals surface area contributed by atoms with Crippen molar-refractivity contribution < 1.29 is 4.21 Å². The molecular weight excluding hydrogens is 268 g/mol. The van der Waals surface area contributed by atoms with Crippen molar-refractivity contribution in [3.63, 3.8) is 0 Å². The fraction of sp³-hybridized carbons (Fsp3) is 0.188. The first kappa shape index (κ1) is 14.3. The normalized spacial score (nSPS) is 13.2. The molecule has 0 fully saturated rings. The minimum absolute atomic E-state index is 0.0330. The molecule has 0 aromatic heterocycles. The van der Waals surface area contributed by atoms with Crippen LogP contribution in [-0.2, 0) is 22.0 Å². The molecule has 1 unspecified atom stereocenters. The minimum Gasteiger partial charge on any atom is -0.248 e. The summed E-state index contributed by atoms with van der Waals surface area (Å²) in [6, 6.07) is 21.2. The van der Waals surface area contributed by atoms with Crippen molar-refractivity contribution in [2.75, 3.05) is 5.75 Å². The molecular formula is C16H16N2OS. The molecule has 0 aliphatic carbocycles. The molecule has 1 atom stereocenters. The Morgan fingerprint density at radius 3 is 2.05 bits per heavy atom. The molecule has 0 heterocycles. The molecule has 3 nitrogen and oxygen atoms in total. The fourth-order valence-corrected chi connectivity index (χ4v) is 3.44. The Morgan fingerprint density at radius 2 is 1.50 bits per heavy atom. The highest BCUT2D eigenvalue weighted by molar-refractivity contribution is 7.93. The van der Waals surface area contributed by atoms with Crippen LogP contribution in [0.5, 0.6) is 0 Å². The van der Waals surface area contributed by atoms with Crippen LogP contribution in [-0.4, -0.2) is 9.96 Å². The van der Waals surface area contributed by atoms with Gasteiger partial charge < -0.3 is 0 Å². The second-order valence-electron chi connectivity index (χ2n) is 4.48. The van der Waals surface area contributed by atoms with Crippen LogP contribution in [0, 0.1) is 11.3 Å². The molecule has 0 bridgehead atoms. The van der Waals surface area contributed by atoms with Gasteiger partial charge >= 0.3 is 0 Å². The summed E-state index contributed by atoms with van der Waals surface area (Å²) in [6.07, 6.45) is 0. The zero-order valence-electron chi connectivity index (χ0n) is 11.1. The zero-order valence-corrected chi connectivity index (χ0v) is 11.9. The van der Waals surface area contributed by atoms with Gasteiger partial charge in [-0.15, -0.1) is 0 Å². The Hall–Kier alpha value is -2.12. The van der Waals surface area contributed by atoms with Crippen LogP contribution in [0.2, 0.25) is 0 Å². The van der Waals surface area contributed by atoms with Gasteiger partial charge in [0.1, 0.15) is 5.75 Å². The molecule has 0 amide bonds. The van der Waals surface area contributed by atoms with E-state index < -0.39 is 9.73 Å². The molecule has 2 aromatic rings. The summed E-state index contributed by atoms with van der Waals surface area (Å²) >= 11 is 0. The van der Waals surface area contributed by atoms with Crippen LogP contribution in [0.3, 0.4) is 0 Å². The predicted octanol–water partition coefficient (Wildman–Crippen LogP) is 3.38. The van der Waals surface area contributed by atoms with E-state index in [4.69, 9.17) is 5.26 Å². The summed E-state index contributed by atoms with van der Waals surface area (Å²) in [4.78, 5) is 0. The third kappa shape index (κ3) is 4.22. The van der Waals surface area contributed by atoms with Crippen LogP contribution < -0.4 is 0 Å². The maximum Gasteiger partial charge on any atom is 0.119 e. The van der Waals surface area contributed by atoms with Gasteiger partial charge in [-0.05, 0) is 11.1 Å². The number of hydrogen-bond donors (Lipinski definition) is 0. The fourth-order valence-electron chi connectivity index (χ4n) is 1.85. The summed E-state index contributed by atoms with van der Waals surface area (Å²) in [5.41, 5.74) is 1.95. The first-order chi connectivity index (χ1) is 9.72. The highest BCUT2D eigenvalue weighted by Gasteiger charge is 2.10. The van der Waals surface area contributed by atoms with Gasteiger partial charge in [-0.3, -0.25) is 0 Å². The van der Waals surface area contributed by atoms with E-state index in [2.05, 4.69) is 4.36 Å². The van der Waals surface area contributed by atoms with Crippen LogP contribution in [0.4, 0.5) is 0 Å². The number of nitrogens with zero attached hydrogens (tertiary/aromatic N) is 2. The molecule has 4 heteroatoms. The van der Waals surface area contributed by atoms with E-state index in [1.165, 1.54) is 0 Å². The van der Waals surface area contributed by atoms with Gasteiger partial charge in [-0.2, -0.15) is 5.26 Å². The molecule has 102 valence electrons. The largest absolute Gasteiger partial charge is 0.248 e. The quantitative estimate of drug-likeness (QED) is 0.845. The molecule has 2 aromatic carbocycles. The summed E-state index contributed by atoms with van der Waals surface area (Å²) in [5.74, 6) is 0.295. The van der Waals surface area contributed by atoms with Crippen LogP contribution in [0.1, 0.15) is 11.1 Å². The van der Waals surface area contributed by atoms with Gasteiger partial charge in [-0.25, -0.2) is 8.57 Å².